The van der Waals surface area contributed by atoms with Crippen molar-refractivity contribution < 1.29 is 17.9 Å². The van der Waals surface area contributed by atoms with E-state index in [0.29, 0.717) is 42.7 Å². The summed E-state index contributed by atoms with van der Waals surface area (Å²) < 4.78 is 34.8. The van der Waals surface area contributed by atoms with E-state index in [1.165, 1.54) is 16.4 Å². The minimum absolute atomic E-state index is 0.102. The minimum atomic E-state index is -3.70. The number of nitrogens with zero attached hydrogens (tertiary/aromatic N) is 3. The summed E-state index contributed by atoms with van der Waals surface area (Å²) in [5.41, 5.74) is 2.35. The molecule has 180 valence electrons. The molecule has 0 aliphatic heterocycles. The predicted molar refractivity (Wildman–Crippen MR) is 131 cm³/mol. The molecule has 0 radical (unpaired) electrons. The quantitative estimate of drug-likeness (QED) is 0.461. The molecule has 1 heterocycles. The number of carbonyl (C=O) groups excluding carboxylic acids is 1. The highest BCUT2D eigenvalue weighted by molar-refractivity contribution is 7.89. The van der Waals surface area contributed by atoms with Crippen LogP contribution in [0.3, 0.4) is 0 Å². The predicted octanol–water partition coefficient (Wildman–Crippen LogP) is 4.43. The first-order valence-electron chi connectivity index (χ1n) is 11.6. The lowest BCUT2D eigenvalue weighted by atomic mass is 10.2. The maximum atomic E-state index is 13.4. The van der Waals surface area contributed by atoms with E-state index in [2.05, 4.69) is 10.4 Å². The van der Waals surface area contributed by atoms with Crippen molar-refractivity contribution in [3.63, 3.8) is 0 Å². The van der Waals surface area contributed by atoms with Crippen molar-refractivity contribution in [1.82, 2.24) is 14.1 Å². The maximum Gasteiger partial charge on any atom is 0.274 e. The zero-order chi connectivity index (χ0) is 24.3. The van der Waals surface area contributed by atoms with E-state index in [9.17, 15) is 13.2 Å². The molecule has 1 N–H and O–H groups in total. The molecule has 0 saturated heterocycles. The fourth-order valence-corrected chi connectivity index (χ4v) is 5.34. The molecule has 9 heteroatoms. The number of hydrogen-bond acceptors (Lipinski definition) is 5. The zero-order valence-corrected chi connectivity index (χ0v) is 20.5. The van der Waals surface area contributed by atoms with Crippen LogP contribution < -0.4 is 10.1 Å². The molecule has 0 unspecified atom stereocenters. The molecule has 1 amide bonds. The highest BCUT2D eigenvalue weighted by Gasteiger charge is 2.29. The SMILES string of the molecule is CCOc1ccc(S(=O)(=O)N(CC)CC)cc1NC(=O)c1cc(C2CC2)nn1-c1ccccc1. The Hall–Kier alpha value is -3.17. The second-order valence-corrected chi connectivity index (χ2v) is 10.0. The molecule has 1 aromatic heterocycles. The molecule has 2 aromatic carbocycles. The molecular weight excluding hydrogens is 452 g/mol. The number of hydrogen-bond donors (Lipinski definition) is 1. The molecule has 1 saturated carbocycles. The first-order valence-corrected chi connectivity index (χ1v) is 13.1. The first-order chi connectivity index (χ1) is 16.4. The van der Waals surface area contributed by atoms with Gasteiger partial charge in [0.05, 0.1) is 28.6 Å². The van der Waals surface area contributed by atoms with Crippen molar-refractivity contribution in [2.24, 2.45) is 0 Å². The summed E-state index contributed by atoms with van der Waals surface area (Å²) >= 11 is 0. The number of benzene rings is 2. The van der Waals surface area contributed by atoms with Gasteiger partial charge in [0, 0.05) is 19.0 Å². The van der Waals surface area contributed by atoms with Crippen LogP contribution in [0.15, 0.2) is 59.5 Å². The van der Waals surface area contributed by atoms with Crippen LogP contribution in [0.4, 0.5) is 5.69 Å². The van der Waals surface area contributed by atoms with Crippen LogP contribution in [0.2, 0.25) is 0 Å². The van der Waals surface area contributed by atoms with Gasteiger partial charge in [-0.1, -0.05) is 32.0 Å². The smallest absolute Gasteiger partial charge is 0.274 e. The van der Waals surface area contributed by atoms with Gasteiger partial charge < -0.3 is 10.1 Å². The molecule has 0 atom stereocenters. The van der Waals surface area contributed by atoms with E-state index in [0.717, 1.165) is 24.2 Å². The lowest BCUT2D eigenvalue weighted by molar-refractivity contribution is 0.101. The van der Waals surface area contributed by atoms with Crippen molar-refractivity contribution >= 4 is 21.6 Å². The van der Waals surface area contributed by atoms with Gasteiger partial charge in [-0.25, -0.2) is 13.1 Å². The standard InChI is InChI=1S/C25H30N4O4S/c1-4-28(5-2)34(31,32)20-14-15-24(33-6-3)22(16-20)26-25(30)23-17-21(18-12-13-18)27-29(23)19-10-8-7-9-11-19/h7-11,14-18H,4-6,12-13H2,1-3H3,(H,26,30). The van der Waals surface area contributed by atoms with Gasteiger partial charge in [0.25, 0.3) is 5.91 Å². The molecule has 34 heavy (non-hydrogen) atoms. The zero-order valence-electron chi connectivity index (χ0n) is 19.7. The second-order valence-electron chi connectivity index (χ2n) is 8.11. The number of carbonyl (C=O) groups is 1. The third-order valence-corrected chi connectivity index (χ3v) is 7.85. The highest BCUT2D eigenvalue weighted by atomic mass is 32.2. The number of anilines is 1. The van der Waals surface area contributed by atoms with Crippen LogP contribution in [0.25, 0.3) is 5.69 Å². The lowest BCUT2D eigenvalue weighted by Gasteiger charge is -2.20. The number of aromatic nitrogens is 2. The maximum absolute atomic E-state index is 13.4. The molecule has 1 aliphatic carbocycles. The van der Waals surface area contributed by atoms with Crippen LogP contribution >= 0.6 is 0 Å². The molecule has 0 spiro atoms. The van der Waals surface area contributed by atoms with Gasteiger partial charge in [0.15, 0.2) is 0 Å². The van der Waals surface area contributed by atoms with Crippen LogP contribution in [0, 0.1) is 0 Å². The Bertz CT molecular complexity index is 1260. The normalized spacial score (nSPS) is 13.8. The van der Waals surface area contributed by atoms with Crippen LogP contribution in [-0.4, -0.2) is 48.1 Å². The Balaban J connectivity index is 1.72. The number of rotatable bonds is 10. The largest absolute Gasteiger partial charge is 0.492 e. The summed E-state index contributed by atoms with van der Waals surface area (Å²) in [6.45, 7) is 6.50. The summed E-state index contributed by atoms with van der Waals surface area (Å²) in [6.07, 6.45) is 2.12. The van der Waals surface area contributed by atoms with Gasteiger partial charge >= 0.3 is 0 Å². The lowest BCUT2D eigenvalue weighted by Crippen LogP contribution is -2.30. The number of amides is 1. The van der Waals surface area contributed by atoms with E-state index in [-0.39, 0.29) is 10.8 Å². The third kappa shape index (κ3) is 4.85. The molecule has 1 fully saturated rings. The van der Waals surface area contributed by atoms with Crippen molar-refractivity contribution in [3.8, 4) is 11.4 Å². The summed E-state index contributed by atoms with van der Waals surface area (Å²) in [5, 5.41) is 7.56. The Morgan fingerprint density at radius 2 is 1.79 bits per heavy atom. The van der Waals surface area contributed by atoms with E-state index < -0.39 is 10.0 Å². The van der Waals surface area contributed by atoms with Gasteiger partial charge in [-0.3, -0.25) is 4.79 Å². The summed E-state index contributed by atoms with van der Waals surface area (Å²) in [4.78, 5) is 13.5. The van der Waals surface area contributed by atoms with E-state index >= 15 is 0 Å². The molecule has 4 rings (SSSR count). The van der Waals surface area contributed by atoms with Gasteiger partial charge in [-0.2, -0.15) is 9.40 Å². The molecular formula is C25H30N4O4S. The average molecular weight is 483 g/mol. The molecule has 1 aliphatic rings. The van der Waals surface area contributed by atoms with E-state index in [1.807, 2.05) is 43.3 Å². The Morgan fingerprint density at radius 1 is 1.09 bits per heavy atom. The van der Waals surface area contributed by atoms with E-state index in [4.69, 9.17) is 4.74 Å². The average Bonchev–Trinajstić information content (AvgIpc) is 3.59. The van der Waals surface area contributed by atoms with E-state index in [1.54, 1.807) is 24.6 Å². The Morgan fingerprint density at radius 3 is 2.41 bits per heavy atom. The second kappa shape index (κ2) is 9.99. The summed E-state index contributed by atoms with van der Waals surface area (Å²) in [5.74, 6) is 0.391. The fraction of sp³-hybridized carbons (Fsp3) is 0.360. The van der Waals surface area contributed by atoms with Crippen molar-refractivity contribution in [1.29, 1.82) is 0 Å². The van der Waals surface area contributed by atoms with Gasteiger partial charge in [0.2, 0.25) is 10.0 Å². The third-order valence-electron chi connectivity index (χ3n) is 5.80. The first kappa shape index (κ1) is 24.0. The number of sulfonamides is 1. The van der Waals surface area contributed by atoms with Crippen LogP contribution in [0.5, 0.6) is 5.75 Å². The van der Waals surface area contributed by atoms with Crippen LogP contribution in [0.1, 0.15) is 55.7 Å². The van der Waals surface area contributed by atoms with Gasteiger partial charge in [-0.15, -0.1) is 0 Å². The molecule has 8 nitrogen and oxygen atoms in total. The number of para-hydroxylation sites is 1. The minimum Gasteiger partial charge on any atom is -0.492 e. The summed E-state index contributed by atoms with van der Waals surface area (Å²) in [7, 11) is -3.70. The monoisotopic (exact) mass is 482 g/mol. The summed E-state index contributed by atoms with van der Waals surface area (Å²) in [6, 6.07) is 15.8. The van der Waals surface area contributed by atoms with Crippen molar-refractivity contribution in [2.75, 3.05) is 25.0 Å². The fourth-order valence-electron chi connectivity index (χ4n) is 3.85. The topological polar surface area (TPSA) is 93.5 Å². The van der Waals surface area contributed by atoms with Crippen LogP contribution in [-0.2, 0) is 10.0 Å². The van der Waals surface area contributed by atoms with Crippen molar-refractivity contribution in [2.45, 2.75) is 44.4 Å². The van der Waals surface area contributed by atoms with Gasteiger partial charge in [-0.05, 0) is 56.2 Å². The number of ether oxygens (including phenoxy) is 1. The molecule has 0 bridgehead atoms. The van der Waals surface area contributed by atoms with Crippen molar-refractivity contribution in [3.05, 3.63) is 66.0 Å². The number of nitrogens with one attached hydrogen (secondary N) is 1. The Labute approximate surface area is 200 Å². The highest BCUT2D eigenvalue weighted by Crippen LogP contribution is 2.40. The van der Waals surface area contributed by atoms with Gasteiger partial charge in [0.1, 0.15) is 11.4 Å². The molecule has 3 aromatic rings. The Kier molecular flexibility index (Phi) is 7.04.